The standard InChI is InChI=1S/C47H50N8O5/c1-51(33-18-34(19-33)60-43-10-4-30(23-49-43)29-3-6-35-38-24-48-14-11-39(38)52(2)41(35)17-29)31-12-15-53(16-13-31)25-28-21-47(22-28)26-54(27-47)32-5-7-36-37(20-32)46(59)55(45(36)58)40-8-9-42(56)50-44(40)57/h3-7,10-11,14,17,20,23-24,28,31,33-34,40H,8-9,12-13,15-16,18-19,21-22,25-27H2,1-2H3,(H,50,56,57). The number of hydrogen-bond donors (Lipinski definition) is 1. The minimum atomic E-state index is -0.946. The third kappa shape index (κ3) is 6.27. The molecule has 4 aliphatic heterocycles. The zero-order valence-corrected chi connectivity index (χ0v) is 34.2. The van der Waals surface area contributed by atoms with E-state index >= 15 is 0 Å². The molecule has 2 saturated carbocycles. The van der Waals surface area contributed by atoms with Crippen LogP contribution in [0.4, 0.5) is 5.69 Å². The number of carbonyl (C=O) groups excluding carboxylic acids is 4. The Morgan fingerprint density at radius 3 is 2.38 bits per heavy atom. The SMILES string of the molecule is CN(C1CCN(CC2CC3(C2)CN(c2ccc4c(c2)C(=O)N(C2CCC(=O)NC2=O)C4=O)C3)CC1)C1CC(Oc2ccc(-c3ccc4c5cnccc5n(C)c4c3)cn2)C1. The highest BCUT2D eigenvalue weighted by Crippen LogP contribution is 2.53. The van der Waals surface area contributed by atoms with E-state index in [4.69, 9.17) is 9.72 Å². The lowest BCUT2D eigenvalue weighted by Crippen LogP contribution is -2.63. The van der Waals surface area contributed by atoms with Crippen molar-refractivity contribution in [3.8, 4) is 17.0 Å². The average molecular weight is 807 g/mol. The van der Waals surface area contributed by atoms with Crippen molar-refractivity contribution >= 4 is 51.1 Å². The Kier molecular flexibility index (Phi) is 8.86. The van der Waals surface area contributed by atoms with Gasteiger partial charge in [0.05, 0.1) is 16.6 Å². The molecule has 2 aliphatic carbocycles. The summed E-state index contributed by atoms with van der Waals surface area (Å²) in [5, 5.41) is 4.64. The monoisotopic (exact) mass is 806 g/mol. The van der Waals surface area contributed by atoms with E-state index in [0.29, 0.717) is 34.5 Å². The van der Waals surface area contributed by atoms with Crippen LogP contribution in [0.1, 0.15) is 72.1 Å². The fourth-order valence-electron chi connectivity index (χ4n) is 11.3. The highest BCUT2D eigenvalue weighted by molar-refractivity contribution is 6.23. The van der Waals surface area contributed by atoms with E-state index < -0.39 is 23.8 Å². The molecule has 5 aromatic rings. The maximum Gasteiger partial charge on any atom is 0.262 e. The molecule has 3 aromatic heterocycles. The number of nitrogens with one attached hydrogen (secondary N) is 1. The highest BCUT2D eigenvalue weighted by Gasteiger charge is 2.53. The number of nitrogens with zero attached hydrogens (tertiary/aromatic N) is 7. The van der Waals surface area contributed by atoms with Gasteiger partial charge in [0.25, 0.3) is 11.8 Å². The number of benzene rings is 2. The summed E-state index contributed by atoms with van der Waals surface area (Å²) in [5.74, 6) is -0.455. The molecule has 60 heavy (non-hydrogen) atoms. The number of aromatic nitrogens is 3. The third-order valence-corrected chi connectivity index (χ3v) is 14.7. The van der Waals surface area contributed by atoms with E-state index in [1.54, 1.807) is 6.07 Å². The fourth-order valence-corrected chi connectivity index (χ4v) is 11.3. The summed E-state index contributed by atoms with van der Waals surface area (Å²) in [6.45, 7) is 5.39. The number of anilines is 1. The highest BCUT2D eigenvalue weighted by atomic mass is 16.5. The molecule has 1 spiro atoms. The number of fused-ring (bicyclic) bond motifs is 4. The van der Waals surface area contributed by atoms with Crippen molar-refractivity contribution < 1.29 is 23.9 Å². The number of pyridine rings is 2. The van der Waals surface area contributed by atoms with Gasteiger partial charge in [0, 0.05) is 116 Å². The normalized spacial score (nSPS) is 24.6. The van der Waals surface area contributed by atoms with Crippen molar-refractivity contribution in [3.05, 3.63) is 84.3 Å². The zero-order valence-electron chi connectivity index (χ0n) is 34.2. The number of piperidine rings is 2. The first kappa shape index (κ1) is 37.3. The van der Waals surface area contributed by atoms with E-state index in [-0.39, 0.29) is 24.9 Å². The maximum absolute atomic E-state index is 13.3. The van der Waals surface area contributed by atoms with Crippen LogP contribution in [0.2, 0.25) is 0 Å². The number of imide groups is 2. The molecule has 13 heteroatoms. The second kappa shape index (κ2) is 14.2. The first-order valence-corrected chi connectivity index (χ1v) is 21.6. The molecular weight excluding hydrogens is 757 g/mol. The van der Waals surface area contributed by atoms with Crippen LogP contribution < -0.4 is 15.0 Å². The molecule has 1 atom stereocenters. The molecule has 6 aliphatic rings. The Hall–Kier alpha value is -5.66. The average Bonchev–Trinajstić information content (AvgIpc) is 3.64. The summed E-state index contributed by atoms with van der Waals surface area (Å²) in [5.41, 5.74) is 6.53. The predicted molar refractivity (Wildman–Crippen MR) is 227 cm³/mol. The van der Waals surface area contributed by atoms with Crippen LogP contribution in [0.25, 0.3) is 32.9 Å². The summed E-state index contributed by atoms with van der Waals surface area (Å²) < 4.78 is 8.55. The van der Waals surface area contributed by atoms with Gasteiger partial charge in [-0.05, 0) is 100 Å². The second-order valence-electron chi connectivity index (χ2n) is 18.4. The maximum atomic E-state index is 13.3. The third-order valence-electron chi connectivity index (χ3n) is 14.7. The van der Waals surface area contributed by atoms with Gasteiger partial charge in [-0.25, -0.2) is 4.98 Å². The van der Waals surface area contributed by atoms with Crippen LogP contribution in [0.15, 0.2) is 73.2 Å². The number of amides is 4. The second-order valence-corrected chi connectivity index (χ2v) is 18.4. The summed E-state index contributed by atoms with van der Waals surface area (Å²) in [6.07, 6.45) is 13.1. The number of rotatable bonds is 9. The molecule has 1 unspecified atom stereocenters. The molecule has 13 nitrogen and oxygen atoms in total. The van der Waals surface area contributed by atoms with Crippen LogP contribution in [0.5, 0.6) is 5.88 Å². The van der Waals surface area contributed by atoms with Crippen LogP contribution in [0.3, 0.4) is 0 Å². The lowest BCUT2D eigenvalue weighted by Gasteiger charge is -2.60. The quantitative estimate of drug-likeness (QED) is 0.193. The van der Waals surface area contributed by atoms with Crippen molar-refractivity contribution in [1.29, 1.82) is 0 Å². The molecule has 0 radical (unpaired) electrons. The molecule has 7 heterocycles. The molecule has 1 N–H and O–H groups in total. The van der Waals surface area contributed by atoms with Crippen molar-refractivity contribution in [2.75, 3.05) is 44.7 Å². The lowest BCUT2D eigenvalue weighted by molar-refractivity contribution is -0.136. The number of likely N-dealkylation sites (tertiary alicyclic amines) is 1. The van der Waals surface area contributed by atoms with Crippen LogP contribution in [-0.2, 0) is 16.6 Å². The number of carbonyl (C=O) groups is 4. The number of aryl methyl sites for hydroxylation is 1. The van der Waals surface area contributed by atoms with Gasteiger partial charge in [-0.2, -0.15) is 0 Å². The largest absolute Gasteiger partial charge is 0.474 e. The van der Waals surface area contributed by atoms with E-state index in [1.807, 2.05) is 36.8 Å². The Morgan fingerprint density at radius 2 is 1.62 bits per heavy atom. The van der Waals surface area contributed by atoms with E-state index in [9.17, 15) is 19.2 Å². The van der Waals surface area contributed by atoms with Crippen LogP contribution in [-0.4, -0.2) is 117 Å². The van der Waals surface area contributed by atoms with Crippen LogP contribution in [0, 0.1) is 11.3 Å². The lowest BCUT2D eigenvalue weighted by atomic mass is 9.57. The Labute approximate surface area is 348 Å². The first-order chi connectivity index (χ1) is 29.1. The minimum Gasteiger partial charge on any atom is -0.474 e. The first-order valence-electron chi connectivity index (χ1n) is 21.6. The minimum absolute atomic E-state index is 0.112. The van der Waals surface area contributed by atoms with Gasteiger partial charge in [-0.3, -0.25) is 34.4 Å². The molecule has 5 fully saturated rings. The van der Waals surface area contributed by atoms with Crippen molar-refractivity contribution in [1.82, 2.24) is 34.6 Å². The molecule has 11 rings (SSSR count). The van der Waals surface area contributed by atoms with Crippen molar-refractivity contribution in [2.24, 2.45) is 18.4 Å². The molecule has 0 bridgehead atoms. The summed E-state index contributed by atoms with van der Waals surface area (Å²) >= 11 is 0. The van der Waals surface area contributed by atoms with Crippen molar-refractivity contribution in [3.63, 3.8) is 0 Å². The smallest absolute Gasteiger partial charge is 0.262 e. The van der Waals surface area contributed by atoms with E-state index in [0.717, 1.165) is 66.7 Å². The molecule has 308 valence electrons. The number of ether oxygens (including phenoxy) is 1. The van der Waals surface area contributed by atoms with Gasteiger partial charge in [-0.1, -0.05) is 12.1 Å². The molecule has 4 amide bonds. The fraction of sp³-hybridized carbons (Fsp3) is 0.447. The number of hydrogen-bond acceptors (Lipinski definition) is 10. The van der Waals surface area contributed by atoms with Gasteiger partial charge in [0.2, 0.25) is 17.7 Å². The van der Waals surface area contributed by atoms with Gasteiger partial charge in [0.1, 0.15) is 12.1 Å². The summed E-state index contributed by atoms with van der Waals surface area (Å²) in [7, 11) is 4.41. The Bertz CT molecular complexity index is 2560. The van der Waals surface area contributed by atoms with Crippen molar-refractivity contribution in [2.45, 2.75) is 75.6 Å². The van der Waals surface area contributed by atoms with Crippen LogP contribution >= 0.6 is 0 Å². The Morgan fingerprint density at radius 1 is 0.833 bits per heavy atom. The predicted octanol–water partition coefficient (Wildman–Crippen LogP) is 5.41. The summed E-state index contributed by atoms with van der Waals surface area (Å²) in [6, 6.07) is 18.4. The Balaban J connectivity index is 0.608. The molecular formula is C47H50N8O5. The van der Waals surface area contributed by atoms with Gasteiger partial charge < -0.3 is 24.0 Å². The van der Waals surface area contributed by atoms with Gasteiger partial charge >= 0.3 is 0 Å². The molecule has 3 saturated heterocycles. The van der Waals surface area contributed by atoms with E-state index in [1.165, 1.54) is 54.0 Å². The topological polar surface area (TPSA) is 133 Å². The zero-order chi connectivity index (χ0) is 40.9. The summed E-state index contributed by atoms with van der Waals surface area (Å²) in [4.78, 5) is 68.2. The van der Waals surface area contributed by atoms with Gasteiger partial charge in [-0.15, -0.1) is 0 Å². The van der Waals surface area contributed by atoms with Gasteiger partial charge in [0.15, 0.2) is 0 Å². The van der Waals surface area contributed by atoms with E-state index in [2.05, 4.69) is 74.0 Å². The molecule has 2 aromatic carbocycles.